The van der Waals surface area contributed by atoms with Gasteiger partial charge in [-0.15, -0.1) is 0 Å². The number of rotatable bonds is 7. The number of methoxy groups -OCH3 is 1. The van der Waals surface area contributed by atoms with Crippen molar-refractivity contribution in [2.24, 2.45) is 0 Å². The van der Waals surface area contributed by atoms with Gasteiger partial charge in [0.25, 0.3) is 0 Å². The fourth-order valence-electron chi connectivity index (χ4n) is 4.76. The predicted molar refractivity (Wildman–Crippen MR) is 143 cm³/mol. The van der Waals surface area contributed by atoms with E-state index in [-0.39, 0.29) is 30.9 Å². The Morgan fingerprint density at radius 3 is 2.16 bits per heavy atom. The highest BCUT2D eigenvalue weighted by Crippen LogP contribution is 2.28. The first-order chi connectivity index (χ1) is 18.6. The first-order valence-electron chi connectivity index (χ1n) is 12.7. The number of ether oxygens (including phenoxy) is 2. The summed E-state index contributed by atoms with van der Waals surface area (Å²) in [5, 5.41) is 7.83. The Labute approximate surface area is 221 Å². The molecule has 0 aliphatic carbocycles. The van der Waals surface area contributed by atoms with E-state index in [1.165, 1.54) is 0 Å². The van der Waals surface area contributed by atoms with E-state index >= 15 is 0 Å². The van der Waals surface area contributed by atoms with Crippen molar-refractivity contribution in [2.45, 2.75) is 25.9 Å². The molecular formula is C30H30N4O4. The van der Waals surface area contributed by atoms with Crippen LogP contribution < -0.4 is 10.1 Å². The number of benzene rings is 3. The fourth-order valence-corrected chi connectivity index (χ4v) is 4.76. The van der Waals surface area contributed by atoms with Gasteiger partial charge in [0.15, 0.2) is 5.69 Å². The van der Waals surface area contributed by atoms with Crippen molar-refractivity contribution in [1.29, 1.82) is 0 Å². The predicted octanol–water partition coefficient (Wildman–Crippen LogP) is 4.91. The molecule has 194 valence electrons. The van der Waals surface area contributed by atoms with Gasteiger partial charge in [-0.2, -0.15) is 5.10 Å². The summed E-state index contributed by atoms with van der Waals surface area (Å²) in [5.74, 6) is 0.235. The molecule has 38 heavy (non-hydrogen) atoms. The Morgan fingerprint density at radius 2 is 1.58 bits per heavy atom. The van der Waals surface area contributed by atoms with Gasteiger partial charge in [0, 0.05) is 18.5 Å². The van der Waals surface area contributed by atoms with Gasteiger partial charge in [-0.1, -0.05) is 60.7 Å². The van der Waals surface area contributed by atoms with Crippen LogP contribution in [0.2, 0.25) is 0 Å². The molecule has 5 rings (SSSR count). The monoisotopic (exact) mass is 510 g/mol. The van der Waals surface area contributed by atoms with Crippen LogP contribution in [0.25, 0.3) is 5.69 Å². The molecule has 1 aliphatic rings. The lowest BCUT2D eigenvalue weighted by molar-refractivity contribution is 0.0516. The van der Waals surface area contributed by atoms with Crippen LogP contribution in [0.1, 0.15) is 45.8 Å². The Kier molecular flexibility index (Phi) is 7.40. The van der Waals surface area contributed by atoms with Crippen LogP contribution in [-0.2, 0) is 17.7 Å². The van der Waals surface area contributed by atoms with Crippen molar-refractivity contribution >= 4 is 12.0 Å². The lowest BCUT2D eigenvalue weighted by Crippen LogP contribution is -2.44. The van der Waals surface area contributed by atoms with Crippen molar-refractivity contribution in [3.63, 3.8) is 0 Å². The molecule has 1 aromatic heterocycles. The van der Waals surface area contributed by atoms with E-state index in [0.29, 0.717) is 18.5 Å². The zero-order valence-electron chi connectivity index (χ0n) is 21.5. The van der Waals surface area contributed by atoms with Crippen molar-refractivity contribution in [1.82, 2.24) is 20.0 Å². The molecule has 0 saturated heterocycles. The topological polar surface area (TPSA) is 85.7 Å². The molecule has 0 bridgehead atoms. The highest BCUT2D eigenvalue weighted by Gasteiger charge is 2.32. The number of aromatic nitrogens is 2. The van der Waals surface area contributed by atoms with E-state index in [2.05, 4.69) is 10.4 Å². The van der Waals surface area contributed by atoms with Crippen LogP contribution in [0.5, 0.6) is 5.75 Å². The van der Waals surface area contributed by atoms with Crippen LogP contribution in [-0.4, -0.2) is 46.9 Å². The summed E-state index contributed by atoms with van der Waals surface area (Å²) in [6.45, 7) is 2.74. The largest absolute Gasteiger partial charge is 0.497 e. The summed E-state index contributed by atoms with van der Waals surface area (Å²) in [7, 11) is 1.61. The molecule has 1 N–H and O–H groups in total. The average Bonchev–Trinajstić information content (AvgIpc) is 3.36. The minimum atomic E-state index is -0.496. The Morgan fingerprint density at radius 1 is 0.947 bits per heavy atom. The second-order valence-corrected chi connectivity index (χ2v) is 8.98. The zero-order valence-corrected chi connectivity index (χ0v) is 21.5. The number of nitrogens with one attached hydrogen (secondary N) is 1. The number of fused-ring (bicyclic) bond motifs is 1. The molecule has 0 fully saturated rings. The fraction of sp³-hybridized carbons (Fsp3) is 0.233. The summed E-state index contributed by atoms with van der Waals surface area (Å²) in [6.07, 6.45) is 0.544. The Hall–Kier alpha value is -4.59. The Balaban J connectivity index is 1.44. The summed E-state index contributed by atoms with van der Waals surface area (Å²) < 4.78 is 12.3. The minimum Gasteiger partial charge on any atom is -0.497 e. The highest BCUT2D eigenvalue weighted by atomic mass is 16.5. The van der Waals surface area contributed by atoms with Crippen LogP contribution >= 0.6 is 0 Å². The lowest BCUT2D eigenvalue weighted by atomic mass is 9.99. The quantitative estimate of drug-likeness (QED) is 0.357. The second-order valence-electron chi connectivity index (χ2n) is 8.98. The standard InChI is InChI=1S/C30H30N4O4/c1-3-38-29(35)28-25-20-33(19-18-26(25)34(32-28)23-14-16-24(37-2)17-15-23)30(36)31-27(21-10-6-4-7-11-21)22-12-8-5-9-13-22/h4-17,27H,3,18-20H2,1-2H3,(H,31,36). The van der Waals surface area contributed by atoms with E-state index in [1.807, 2.05) is 84.9 Å². The van der Waals surface area contributed by atoms with Gasteiger partial charge in [-0.05, 0) is 42.3 Å². The van der Waals surface area contributed by atoms with Gasteiger partial charge >= 0.3 is 12.0 Å². The maximum Gasteiger partial charge on any atom is 0.359 e. The molecule has 3 aromatic carbocycles. The van der Waals surface area contributed by atoms with Crippen molar-refractivity contribution in [3.8, 4) is 11.4 Å². The van der Waals surface area contributed by atoms with E-state index in [9.17, 15) is 9.59 Å². The molecule has 1 aliphatic heterocycles. The first-order valence-corrected chi connectivity index (χ1v) is 12.7. The van der Waals surface area contributed by atoms with E-state index in [1.54, 1.807) is 23.6 Å². The van der Waals surface area contributed by atoms with Gasteiger partial charge < -0.3 is 19.7 Å². The maximum atomic E-state index is 13.6. The van der Waals surface area contributed by atoms with E-state index in [4.69, 9.17) is 9.47 Å². The van der Waals surface area contributed by atoms with Gasteiger partial charge in [-0.3, -0.25) is 0 Å². The number of esters is 1. The van der Waals surface area contributed by atoms with Gasteiger partial charge in [0.2, 0.25) is 0 Å². The van der Waals surface area contributed by atoms with Crippen LogP contribution in [0.15, 0.2) is 84.9 Å². The average molecular weight is 511 g/mol. The van der Waals surface area contributed by atoms with Crippen LogP contribution in [0.3, 0.4) is 0 Å². The Bertz CT molecular complexity index is 1360. The SMILES string of the molecule is CCOC(=O)c1nn(-c2ccc(OC)cc2)c2c1CN(C(=O)NC(c1ccccc1)c1ccccc1)CC2. The summed E-state index contributed by atoms with van der Waals surface area (Å²) in [6, 6.07) is 26.7. The number of amides is 2. The number of urea groups is 1. The van der Waals surface area contributed by atoms with Gasteiger partial charge in [0.05, 0.1) is 37.7 Å². The van der Waals surface area contributed by atoms with Crippen LogP contribution in [0, 0.1) is 0 Å². The smallest absolute Gasteiger partial charge is 0.359 e. The molecule has 2 amide bonds. The number of hydrogen-bond donors (Lipinski definition) is 1. The lowest BCUT2D eigenvalue weighted by Gasteiger charge is -2.30. The molecule has 8 heteroatoms. The summed E-state index contributed by atoms with van der Waals surface area (Å²) in [4.78, 5) is 28.2. The molecule has 2 heterocycles. The molecule has 8 nitrogen and oxygen atoms in total. The second kappa shape index (κ2) is 11.2. The first kappa shape index (κ1) is 25.1. The molecule has 0 radical (unpaired) electrons. The zero-order chi connectivity index (χ0) is 26.5. The number of nitrogens with zero attached hydrogens (tertiary/aromatic N) is 3. The third kappa shape index (κ3) is 5.11. The highest BCUT2D eigenvalue weighted by molar-refractivity contribution is 5.90. The van der Waals surface area contributed by atoms with Crippen LogP contribution in [0.4, 0.5) is 4.79 Å². The normalized spacial score (nSPS) is 12.7. The maximum absolute atomic E-state index is 13.6. The molecule has 4 aromatic rings. The number of carbonyl (C=O) groups is 2. The third-order valence-corrected chi connectivity index (χ3v) is 6.66. The molecule has 0 spiro atoms. The summed E-state index contributed by atoms with van der Waals surface area (Å²) in [5.41, 5.74) is 4.62. The van der Waals surface area contributed by atoms with Crippen molar-refractivity contribution < 1.29 is 19.1 Å². The van der Waals surface area contributed by atoms with E-state index < -0.39 is 5.97 Å². The molecule has 0 unspecified atom stereocenters. The van der Waals surface area contributed by atoms with Crippen molar-refractivity contribution in [2.75, 3.05) is 20.3 Å². The van der Waals surface area contributed by atoms with Crippen molar-refractivity contribution in [3.05, 3.63) is 113 Å². The molecule has 0 saturated carbocycles. The van der Waals surface area contributed by atoms with Gasteiger partial charge in [0.1, 0.15) is 5.75 Å². The third-order valence-electron chi connectivity index (χ3n) is 6.66. The number of hydrogen-bond acceptors (Lipinski definition) is 5. The number of carbonyl (C=O) groups excluding carboxylic acids is 2. The molecular weight excluding hydrogens is 480 g/mol. The molecule has 0 atom stereocenters. The minimum absolute atomic E-state index is 0.208. The van der Waals surface area contributed by atoms with Gasteiger partial charge in [-0.25, -0.2) is 14.3 Å². The van der Waals surface area contributed by atoms with E-state index in [0.717, 1.165) is 28.3 Å². The summed E-state index contributed by atoms with van der Waals surface area (Å²) >= 11 is 0.